The lowest BCUT2D eigenvalue weighted by Crippen LogP contribution is -2.35. The molecule has 2 aromatic rings. The highest BCUT2D eigenvalue weighted by Crippen LogP contribution is 2.25. The number of hydrogen-bond donors (Lipinski definition) is 2. The molecule has 120 valence electrons. The second kappa shape index (κ2) is 7.04. The predicted molar refractivity (Wildman–Crippen MR) is 89.9 cm³/mol. The summed E-state index contributed by atoms with van der Waals surface area (Å²) in [6.45, 7) is 0.618. The molecule has 0 saturated carbocycles. The monoisotopic (exact) mass is 382 g/mol. The van der Waals surface area contributed by atoms with Gasteiger partial charge in [-0.3, -0.25) is 0 Å². The summed E-state index contributed by atoms with van der Waals surface area (Å²) in [6, 6.07) is 3.10. The normalized spacial score (nSPS) is 10.8. The topological polar surface area (TPSA) is 51.0 Å². The quantitative estimate of drug-likeness (QED) is 0.824. The SMILES string of the molecule is Cn1c(CNC(=O)NCc2cc(Cl)c(Cl)n2C)cc(Cl)c1Cl. The Labute approximate surface area is 148 Å². The van der Waals surface area contributed by atoms with Gasteiger partial charge in [-0.15, -0.1) is 0 Å². The number of nitrogens with one attached hydrogen (secondary N) is 2. The van der Waals surface area contributed by atoms with Gasteiger partial charge < -0.3 is 19.8 Å². The first kappa shape index (κ1) is 17.3. The Morgan fingerprint density at radius 2 is 1.27 bits per heavy atom. The van der Waals surface area contributed by atoms with Crippen LogP contribution < -0.4 is 10.6 Å². The van der Waals surface area contributed by atoms with Gasteiger partial charge in [0.05, 0.1) is 23.1 Å². The molecule has 2 heterocycles. The molecular weight excluding hydrogens is 370 g/mol. The van der Waals surface area contributed by atoms with E-state index in [0.29, 0.717) is 33.4 Å². The van der Waals surface area contributed by atoms with Crippen LogP contribution in [0.25, 0.3) is 0 Å². The number of amides is 2. The highest BCUT2D eigenvalue weighted by Gasteiger charge is 2.12. The summed E-state index contributed by atoms with van der Waals surface area (Å²) in [4.78, 5) is 11.8. The van der Waals surface area contributed by atoms with Crippen molar-refractivity contribution in [1.29, 1.82) is 0 Å². The minimum atomic E-state index is -0.318. The average molecular weight is 384 g/mol. The number of nitrogens with zero attached hydrogens (tertiary/aromatic N) is 2. The zero-order valence-corrected chi connectivity index (χ0v) is 14.9. The first-order valence-corrected chi connectivity index (χ1v) is 7.83. The van der Waals surface area contributed by atoms with Crippen molar-refractivity contribution in [3.05, 3.63) is 43.9 Å². The van der Waals surface area contributed by atoms with E-state index in [0.717, 1.165) is 11.4 Å². The third kappa shape index (κ3) is 3.66. The lowest BCUT2D eigenvalue weighted by molar-refractivity contribution is 0.239. The van der Waals surface area contributed by atoms with E-state index in [1.54, 1.807) is 35.4 Å². The van der Waals surface area contributed by atoms with E-state index in [1.807, 2.05) is 0 Å². The van der Waals surface area contributed by atoms with Gasteiger partial charge in [-0.2, -0.15) is 0 Å². The van der Waals surface area contributed by atoms with Crippen LogP contribution in [-0.4, -0.2) is 15.2 Å². The number of carbonyl (C=O) groups is 1. The Balaban J connectivity index is 1.88. The molecule has 0 unspecified atom stereocenters. The van der Waals surface area contributed by atoms with Gasteiger partial charge in [0.2, 0.25) is 0 Å². The van der Waals surface area contributed by atoms with Crippen LogP contribution in [0.1, 0.15) is 11.4 Å². The summed E-state index contributed by atoms with van der Waals surface area (Å²) in [5.74, 6) is 0. The molecule has 0 aliphatic carbocycles. The third-order valence-corrected chi connectivity index (χ3v) is 4.98. The lowest BCUT2D eigenvalue weighted by atomic mass is 10.4. The van der Waals surface area contributed by atoms with E-state index in [2.05, 4.69) is 10.6 Å². The maximum Gasteiger partial charge on any atom is 0.315 e. The van der Waals surface area contributed by atoms with Gasteiger partial charge in [0.1, 0.15) is 10.3 Å². The molecule has 2 aromatic heterocycles. The van der Waals surface area contributed by atoms with E-state index < -0.39 is 0 Å². The standard InChI is InChI=1S/C13H14Cl4N4O/c1-20-7(3-9(14)11(20)16)5-18-13(22)19-6-8-4-10(15)12(17)21(8)2/h3-4H,5-6H2,1-2H3,(H2,18,19,22). The molecule has 0 aliphatic rings. The maximum absolute atomic E-state index is 11.8. The van der Waals surface area contributed by atoms with Crippen molar-refractivity contribution in [2.45, 2.75) is 13.1 Å². The van der Waals surface area contributed by atoms with Gasteiger partial charge in [-0.25, -0.2) is 4.79 Å². The number of hydrogen-bond acceptors (Lipinski definition) is 1. The summed E-state index contributed by atoms with van der Waals surface area (Å²) in [5.41, 5.74) is 1.60. The summed E-state index contributed by atoms with van der Waals surface area (Å²) in [6.07, 6.45) is 0. The second-order valence-electron chi connectivity index (χ2n) is 4.70. The van der Waals surface area contributed by atoms with Crippen LogP contribution in [0.5, 0.6) is 0 Å². The van der Waals surface area contributed by atoms with Crippen LogP contribution in [0.3, 0.4) is 0 Å². The summed E-state index contributed by atoms with van der Waals surface area (Å²) in [7, 11) is 3.55. The molecule has 0 aromatic carbocycles. The molecule has 0 radical (unpaired) electrons. The maximum atomic E-state index is 11.8. The van der Waals surface area contributed by atoms with Gasteiger partial charge in [-0.1, -0.05) is 46.4 Å². The van der Waals surface area contributed by atoms with Crippen LogP contribution in [-0.2, 0) is 27.2 Å². The van der Waals surface area contributed by atoms with Crippen molar-refractivity contribution in [1.82, 2.24) is 19.8 Å². The van der Waals surface area contributed by atoms with E-state index in [-0.39, 0.29) is 6.03 Å². The van der Waals surface area contributed by atoms with Gasteiger partial charge in [0.25, 0.3) is 0 Å². The largest absolute Gasteiger partial charge is 0.336 e. The van der Waals surface area contributed by atoms with E-state index in [9.17, 15) is 4.79 Å². The summed E-state index contributed by atoms with van der Waals surface area (Å²) >= 11 is 23.8. The first-order chi connectivity index (χ1) is 10.3. The van der Waals surface area contributed by atoms with Gasteiger partial charge in [0.15, 0.2) is 0 Å². The number of urea groups is 1. The number of aromatic nitrogens is 2. The summed E-state index contributed by atoms with van der Waals surface area (Å²) < 4.78 is 3.42. The number of rotatable bonds is 4. The fourth-order valence-electron chi connectivity index (χ4n) is 1.92. The second-order valence-corrected chi connectivity index (χ2v) is 6.23. The molecule has 0 bridgehead atoms. The minimum absolute atomic E-state index is 0.309. The molecule has 2 N–H and O–H groups in total. The van der Waals surface area contributed by atoms with Crippen LogP contribution in [0.2, 0.25) is 20.4 Å². The van der Waals surface area contributed by atoms with E-state index >= 15 is 0 Å². The van der Waals surface area contributed by atoms with Crippen LogP contribution in [0, 0.1) is 0 Å². The zero-order valence-electron chi connectivity index (χ0n) is 11.9. The molecule has 0 saturated heterocycles. The number of halogens is 4. The Morgan fingerprint density at radius 1 is 0.909 bits per heavy atom. The molecule has 0 aliphatic heterocycles. The van der Waals surface area contributed by atoms with Crippen LogP contribution >= 0.6 is 46.4 Å². The average Bonchev–Trinajstić information content (AvgIpc) is 2.88. The molecule has 0 fully saturated rings. The molecule has 2 amide bonds. The summed E-state index contributed by atoms with van der Waals surface area (Å²) in [5, 5.41) is 7.24. The van der Waals surface area contributed by atoms with Crippen molar-refractivity contribution < 1.29 is 4.79 Å². The van der Waals surface area contributed by atoms with Crippen molar-refractivity contribution in [3.8, 4) is 0 Å². The van der Waals surface area contributed by atoms with Crippen molar-refractivity contribution >= 4 is 52.4 Å². The Bertz CT molecular complexity index is 649. The molecule has 0 spiro atoms. The number of carbonyl (C=O) groups excluding carboxylic acids is 1. The van der Waals surface area contributed by atoms with E-state index in [1.165, 1.54) is 0 Å². The van der Waals surface area contributed by atoms with Crippen LogP contribution in [0.15, 0.2) is 12.1 Å². The van der Waals surface area contributed by atoms with Crippen LogP contribution in [0.4, 0.5) is 4.79 Å². The Kier molecular flexibility index (Phi) is 5.55. The Hall–Kier alpha value is -1.01. The smallest absolute Gasteiger partial charge is 0.315 e. The molecule has 22 heavy (non-hydrogen) atoms. The lowest BCUT2D eigenvalue weighted by Gasteiger charge is -2.09. The third-order valence-electron chi connectivity index (χ3n) is 3.29. The minimum Gasteiger partial charge on any atom is -0.336 e. The molecule has 0 atom stereocenters. The fourth-order valence-corrected chi connectivity index (χ4v) is 2.75. The van der Waals surface area contributed by atoms with Crippen molar-refractivity contribution in [2.24, 2.45) is 14.1 Å². The zero-order chi connectivity index (χ0) is 16.4. The van der Waals surface area contributed by atoms with Crippen molar-refractivity contribution in [3.63, 3.8) is 0 Å². The molecule has 2 rings (SSSR count). The van der Waals surface area contributed by atoms with Gasteiger partial charge in [-0.05, 0) is 12.1 Å². The highest BCUT2D eigenvalue weighted by molar-refractivity contribution is 6.42. The highest BCUT2D eigenvalue weighted by atomic mass is 35.5. The van der Waals surface area contributed by atoms with Gasteiger partial charge >= 0.3 is 6.03 Å². The van der Waals surface area contributed by atoms with E-state index in [4.69, 9.17) is 46.4 Å². The molecular formula is C13H14Cl4N4O. The predicted octanol–water partition coefficient (Wildman–Crippen LogP) is 3.98. The molecule has 9 heteroatoms. The fraction of sp³-hybridized carbons (Fsp3) is 0.308. The Morgan fingerprint density at radius 3 is 1.55 bits per heavy atom. The van der Waals surface area contributed by atoms with Gasteiger partial charge in [0, 0.05) is 25.5 Å². The molecule has 5 nitrogen and oxygen atoms in total. The first-order valence-electron chi connectivity index (χ1n) is 6.32. The van der Waals surface area contributed by atoms with Crippen molar-refractivity contribution in [2.75, 3.05) is 0 Å².